The van der Waals surface area contributed by atoms with Crippen LogP contribution in [-0.4, -0.2) is 36.5 Å². The summed E-state index contributed by atoms with van der Waals surface area (Å²) >= 11 is 0. The summed E-state index contributed by atoms with van der Waals surface area (Å²) in [6.45, 7) is 7.46. The first kappa shape index (κ1) is 15.8. The highest BCUT2D eigenvalue weighted by molar-refractivity contribution is 5.77. The number of nitrogen functional groups attached to an aromatic ring is 1. The molecule has 1 saturated heterocycles. The lowest BCUT2D eigenvalue weighted by molar-refractivity contribution is -0.122. The molecule has 2 unspecified atom stereocenters. The van der Waals surface area contributed by atoms with Gasteiger partial charge in [-0.1, -0.05) is 19.1 Å². The van der Waals surface area contributed by atoms with E-state index in [0.717, 1.165) is 17.8 Å². The number of carbonyl (C=O) groups excluding carboxylic acids is 1. The third-order valence-electron chi connectivity index (χ3n) is 4.14. The molecule has 1 heterocycles. The Labute approximate surface area is 127 Å². The summed E-state index contributed by atoms with van der Waals surface area (Å²) in [4.78, 5) is 14.5. The number of hydrogen-bond acceptors (Lipinski definition) is 3. The molecule has 0 spiro atoms. The summed E-state index contributed by atoms with van der Waals surface area (Å²) in [5.74, 6) is 0.343. The molecular weight excluding hydrogens is 262 g/mol. The van der Waals surface area contributed by atoms with Crippen LogP contribution < -0.4 is 11.1 Å². The Morgan fingerprint density at radius 3 is 2.48 bits per heavy atom. The topological polar surface area (TPSA) is 58.4 Å². The molecule has 1 aromatic carbocycles. The van der Waals surface area contributed by atoms with Crippen LogP contribution in [0.1, 0.15) is 44.6 Å². The smallest absolute Gasteiger partial charge is 0.220 e. The Bertz CT molecular complexity index is 452. The predicted molar refractivity (Wildman–Crippen MR) is 87.2 cm³/mol. The Balaban J connectivity index is 1.76. The lowest BCUT2D eigenvalue weighted by Crippen LogP contribution is -2.41. The Morgan fingerprint density at radius 2 is 1.86 bits per heavy atom. The highest BCUT2D eigenvalue weighted by Crippen LogP contribution is 2.20. The molecule has 21 heavy (non-hydrogen) atoms. The van der Waals surface area contributed by atoms with Crippen LogP contribution in [-0.2, 0) is 4.79 Å². The highest BCUT2D eigenvalue weighted by Gasteiger charge is 2.17. The molecule has 1 aliphatic rings. The van der Waals surface area contributed by atoms with Crippen molar-refractivity contribution in [3.05, 3.63) is 29.8 Å². The summed E-state index contributed by atoms with van der Waals surface area (Å²) in [7, 11) is 0. The van der Waals surface area contributed by atoms with E-state index in [1.807, 2.05) is 24.3 Å². The van der Waals surface area contributed by atoms with Crippen LogP contribution >= 0.6 is 0 Å². The van der Waals surface area contributed by atoms with Gasteiger partial charge < -0.3 is 16.0 Å². The fourth-order valence-electron chi connectivity index (χ4n) is 2.95. The second kappa shape index (κ2) is 7.46. The van der Waals surface area contributed by atoms with Gasteiger partial charge in [0.15, 0.2) is 0 Å². The zero-order chi connectivity index (χ0) is 15.2. The van der Waals surface area contributed by atoms with Crippen molar-refractivity contribution >= 4 is 11.6 Å². The average Bonchev–Trinajstić information content (AvgIpc) is 2.91. The molecule has 116 valence electrons. The molecule has 0 radical (unpaired) electrons. The van der Waals surface area contributed by atoms with Crippen LogP contribution in [0.25, 0.3) is 0 Å². The Kier molecular flexibility index (Phi) is 5.62. The van der Waals surface area contributed by atoms with E-state index in [2.05, 4.69) is 24.1 Å². The molecule has 1 aromatic rings. The third kappa shape index (κ3) is 5.05. The van der Waals surface area contributed by atoms with Gasteiger partial charge >= 0.3 is 0 Å². The molecule has 3 N–H and O–H groups in total. The standard InChI is InChI=1S/C17H27N3O/c1-13(15-5-7-16(18)8-6-15)11-17(21)19-14(2)12-20-9-3-4-10-20/h5-8,13-14H,3-4,9-12,18H2,1-2H3,(H,19,21). The molecule has 0 aliphatic carbocycles. The number of amides is 1. The molecule has 0 aromatic heterocycles. The summed E-state index contributed by atoms with van der Waals surface area (Å²) < 4.78 is 0. The minimum Gasteiger partial charge on any atom is -0.399 e. The van der Waals surface area contributed by atoms with Gasteiger partial charge in [0.1, 0.15) is 0 Å². The number of nitrogens with one attached hydrogen (secondary N) is 1. The van der Waals surface area contributed by atoms with E-state index in [9.17, 15) is 4.79 Å². The summed E-state index contributed by atoms with van der Waals surface area (Å²) in [6, 6.07) is 8.00. The van der Waals surface area contributed by atoms with Crippen LogP contribution in [0, 0.1) is 0 Å². The van der Waals surface area contributed by atoms with Gasteiger partial charge in [-0.25, -0.2) is 0 Å². The monoisotopic (exact) mass is 289 g/mol. The number of anilines is 1. The zero-order valence-electron chi connectivity index (χ0n) is 13.1. The van der Waals surface area contributed by atoms with Crippen molar-refractivity contribution in [2.75, 3.05) is 25.4 Å². The van der Waals surface area contributed by atoms with Gasteiger partial charge in [0.05, 0.1) is 0 Å². The van der Waals surface area contributed by atoms with Gasteiger partial charge in [-0.15, -0.1) is 0 Å². The van der Waals surface area contributed by atoms with Crippen LogP contribution in [0.3, 0.4) is 0 Å². The average molecular weight is 289 g/mol. The van der Waals surface area contributed by atoms with E-state index in [4.69, 9.17) is 5.73 Å². The number of likely N-dealkylation sites (tertiary alicyclic amines) is 1. The molecule has 2 rings (SSSR count). The van der Waals surface area contributed by atoms with Crippen molar-refractivity contribution in [1.29, 1.82) is 0 Å². The first-order valence-electron chi connectivity index (χ1n) is 7.91. The molecule has 1 fully saturated rings. The molecule has 4 nitrogen and oxygen atoms in total. The molecular formula is C17H27N3O. The Hall–Kier alpha value is -1.55. The molecule has 4 heteroatoms. The summed E-state index contributed by atoms with van der Waals surface area (Å²) in [5, 5.41) is 3.11. The molecule has 1 amide bonds. The van der Waals surface area contributed by atoms with Gasteiger partial charge in [-0.3, -0.25) is 4.79 Å². The van der Waals surface area contributed by atoms with Crippen molar-refractivity contribution in [3.63, 3.8) is 0 Å². The fraction of sp³-hybridized carbons (Fsp3) is 0.588. The van der Waals surface area contributed by atoms with E-state index in [0.29, 0.717) is 6.42 Å². The van der Waals surface area contributed by atoms with E-state index in [1.165, 1.54) is 25.9 Å². The van der Waals surface area contributed by atoms with E-state index in [1.54, 1.807) is 0 Å². The van der Waals surface area contributed by atoms with E-state index < -0.39 is 0 Å². The highest BCUT2D eigenvalue weighted by atomic mass is 16.1. The van der Waals surface area contributed by atoms with Crippen molar-refractivity contribution in [1.82, 2.24) is 10.2 Å². The number of nitrogens with two attached hydrogens (primary N) is 1. The van der Waals surface area contributed by atoms with Crippen molar-refractivity contribution in [2.45, 2.75) is 45.1 Å². The summed E-state index contributed by atoms with van der Waals surface area (Å²) in [5.41, 5.74) is 7.61. The number of carbonyl (C=O) groups is 1. The van der Waals surface area contributed by atoms with Gasteiger partial charge in [0.2, 0.25) is 5.91 Å². The van der Waals surface area contributed by atoms with Crippen molar-refractivity contribution in [2.24, 2.45) is 0 Å². The lowest BCUT2D eigenvalue weighted by atomic mass is 9.97. The van der Waals surface area contributed by atoms with E-state index >= 15 is 0 Å². The molecule has 2 atom stereocenters. The fourth-order valence-corrected chi connectivity index (χ4v) is 2.95. The first-order valence-corrected chi connectivity index (χ1v) is 7.91. The SMILES string of the molecule is CC(CN1CCCC1)NC(=O)CC(C)c1ccc(N)cc1. The van der Waals surface area contributed by atoms with Crippen LogP contribution in [0.15, 0.2) is 24.3 Å². The second-order valence-corrected chi connectivity index (χ2v) is 6.25. The van der Waals surface area contributed by atoms with Gasteiger partial charge in [-0.2, -0.15) is 0 Å². The minimum absolute atomic E-state index is 0.131. The number of nitrogens with zero attached hydrogens (tertiary/aromatic N) is 1. The van der Waals surface area contributed by atoms with Crippen LogP contribution in [0.5, 0.6) is 0 Å². The number of benzene rings is 1. The maximum absolute atomic E-state index is 12.1. The van der Waals surface area contributed by atoms with Gasteiger partial charge in [0, 0.05) is 24.7 Å². The molecule has 0 bridgehead atoms. The maximum atomic E-state index is 12.1. The summed E-state index contributed by atoms with van der Waals surface area (Å²) in [6.07, 6.45) is 3.10. The Morgan fingerprint density at radius 1 is 1.24 bits per heavy atom. The third-order valence-corrected chi connectivity index (χ3v) is 4.14. The number of rotatable bonds is 6. The van der Waals surface area contributed by atoms with Crippen LogP contribution in [0.4, 0.5) is 5.69 Å². The maximum Gasteiger partial charge on any atom is 0.220 e. The molecule has 1 aliphatic heterocycles. The van der Waals surface area contributed by atoms with E-state index in [-0.39, 0.29) is 17.9 Å². The largest absolute Gasteiger partial charge is 0.399 e. The minimum atomic E-state index is 0.131. The number of hydrogen-bond donors (Lipinski definition) is 2. The van der Waals surface area contributed by atoms with Gasteiger partial charge in [0.25, 0.3) is 0 Å². The van der Waals surface area contributed by atoms with Gasteiger partial charge in [-0.05, 0) is 56.5 Å². The zero-order valence-corrected chi connectivity index (χ0v) is 13.1. The normalized spacial score (nSPS) is 18.4. The first-order chi connectivity index (χ1) is 10.0. The van der Waals surface area contributed by atoms with Crippen molar-refractivity contribution in [3.8, 4) is 0 Å². The second-order valence-electron chi connectivity index (χ2n) is 6.25. The predicted octanol–water partition coefficient (Wildman–Crippen LogP) is 2.36. The van der Waals surface area contributed by atoms with Crippen molar-refractivity contribution < 1.29 is 4.79 Å². The lowest BCUT2D eigenvalue weighted by Gasteiger charge is -2.22. The molecule has 0 saturated carbocycles. The quantitative estimate of drug-likeness (QED) is 0.790. The van der Waals surface area contributed by atoms with Crippen LogP contribution in [0.2, 0.25) is 0 Å².